The van der Waals surface area contributed by atoms with Gasteiger partial charge in [0, 0.05) is 5.56 Å². The number of para-hydroxylation sites is 1. The second kappa shape index (κ2) is 7.88. The molecule has 7 nitrogen and oxygen atoms in total. The van der Waals surface area contributed by atoms with Crippen molar-refractivity contribution >= 4 is 33.2 Å². The number of rotatable bonds is 5. The van der Waals surface area contributed by atoms with Crippen molar-refractivity contribution < 1.29 is 22.7 Å². The molecule has 8 heteroatoms. The first-order valence-electron chi connectivity index (χ1n) is 9.52. The van der Waals surface area contributed by atoms with Crippen molar-refractivity contribution in [1.29, 1.82) is 0 Å². The molecule has 0 N–H and O–H groups in total. The Morgan fingerprint density at radius 3 is 2.39 bits per heavy atom. The molecule has 4 rings (SSSR count). The number of urea groups is 1. The van der Waals surface area contributed by atoms with Gasteiger partial charge in [-0.05, 0) is 43.3 Å². The van der Waals surface area contributed by atoms with Gasteiger partial charge in [-0.25, -0.2) is 13.2 Å². The first kappa shape index (κ1) is 20.6. The topological polar surface area (TPSA) is 84.0 Å². The van der Waals surface area contributed by atoms with Crippen LogP contribution in [0.3, 0.4) is 0 Å². The van der Waals surface area contributed by atoms with Crippen LogP contribution in [0.15, 0.2) is 77.7 Å². The molecule has 3 aromatic rings. The smallest absolute Gasteiger partial charge is 0.343 e. The molecule has 0 spiro atoms. The Labute approximate surface area is 180 Å². The second-order valence-electron chi connectivity index (χ2n) is 7.10. The minimum atomic E-state index is -4.13. The van der Waals surface area contributed by atoms with Crippen molar-refractivity contribution in [3.63, 3.8) is 0 Å². The van der Waals surface area contributed by atoms with Gasteiger partial charge in [-0.3, -0.25) is 9.69 Å². The van der Waals surface area contributed by atoms with Gasteiger partial charge in [-0.2, -0.15) is 4.31 Å². The number of carbonyl (C=O) groups is 2. The molecular formula is C23H20N2O5S. The van der Waals surface area contributed by atoms with Gasteiger partial charge in [-0.1, -0.05) is 42.0 Å². The van der Waals surface area contributed by atoms with Crippen molar-refractivity contribution in [2.45, 2.75) is 11.8 Å². The summed E-state index contributed by atoms with van der Waals surface area (Å²) >= 11 is 0. The number of Topliss-reactive ketones (excluding diaryl/α,β-unsaturated/α-hetero) is 1. The third-order valence-electron chi connectivity index (χ3n) is 5.04. The SMILES string of the molecule is COc1cccc(C(=O)CN2C(=O)N(c3ccc(C)cc3)S(=O)(=O)c3ccccc32)c1. The number of nitrogens with zero attached hydrogens (tertiary/aromatic N) is 2. The highest BCUT2D eigenvalue weighted by atomic mass is 32.2. The molecule has 0 bridgehead atoms. The van der Waals surface area contributed by atoms with E-state index in [1.165, 1.54) is 24.1 Å². The Bertz CT molecular complexity index is 1270. The minimum absolute atomic E-state index is 0.0337. The Morgan fingerprint density at radius 1 is 0.968 bits per heavy atom. The lowest BCUT2D eigenvalue weighted by atomic mass is 10.1. The van der Waals surface area contributed by atoms with Gasteiger partial charge >= 0.3 is 6.03 Å². The summed E-state index contributed by atoms with van der Waals surface area (Å²) in [5.41, 5.74) is 1.67. The predicted molar refractivity (Wildman–Crippen MR) is 117 cm³/mol. The molecule has 0 aromatic heterocycles. The molecule has 0 saturated heterocycles. The first-order chi connectivity index (χ1) is 14.8. The minimum Gasteiger partial charge on any atom is -0.497 e. The maximum absolute atomic E-state index is 13.4. The van der Waals surface area contributed by atoms with E-state index in [4.69, 9.17) is 4.74 Å². The molecule has 1 aliphatic rings. The van der Waals surface area contributed by atoms with E-state index >= 15 is 0 Å². The molecular weight excluding hydrogens is 416 g/mol. The van der Waals surface area contributed by atoms with Crippen LogP contribution in [-0.2, 0) is 10.0 Å². The van der Waals surface area contributed by atoms with E-state index in [0.717, 1.165) is 9.87 Å². The van der Waals surface area contributed by atoms with Crippen LogP contribution in [-0.4, -0.2) is 33.9 Å². The average molecular weight is 436 g/mol. The fourth-order valence-corrected chi connectivity index (χ4v) is 5.02. The van der Waals surface area contributed by atoms with E-state index in [9.17, 15) is 18.0 Å². The molecule has 0 saturated carbocycles. The number of anilines is 2. The maximum atomic E-state index is 13.4. The highest BCUT2D eigenvalue weighted by Crippen LogP contribution is 2.37. The number of hydrogen-bond acceptors (Lipinski definition) is 5. The quantitative estimate of drug-likeness (QED) is 0.564. The van der Waals surface area contributed by atoms with Gasteiger partial charge in [0.1, 0.15) is 10.6 Å². The summed E-state index contributed by atoms with van der Waals surface area (Å²) < 4.78 is 32.4. The zero-order valence-electron chi connectivity index (χ0n) is 17.0. The summed E-state index contributed by atoms with van der Waals surface area (Å²) in [5, 5.41) is 0. The lowest BCUT2D eigenvalue weighted by Crippen LogP contribution is -2.52. The van der Waals surface area contributed by atoms with Crippen LogP contribution in [0.4, 0.5) is 16.2 Å². The van der Waals surface area contributed by atoms with Crippen molar-refractivity contribution in [3.8, 4) is 5.75 Å². The summed E-state index contributed by atoms with van der Waals surface area (Å²) in [6.45, 7) is 1.55. The van der Waals surface area contributed by atoms with E-state index in [0.29, 0.717) is 11.3 Å². The number of amides is 2. The third-order valence-corrected chi connectivity index (χ3v) is 6.79. The Kier molecular flexibility index (Phi) is 5.24. The molecule has 0 aliphatic carbocycles. The van der Waals surface area contributed by atoms with Gasteiger partial charge in [0.15, 0.2) is 5.78 Å². The number of benzene rings is 3. The number of methoxy groups -OCH3 is 1. The van der Waals surface area contributed by atoms with Gasteiger partial charge in [0.25, 0.3) is 10.0 Å². The fraction of sp³-hybridized carbons (Fsp3) is 0.130. The standard InChI is InChI=1S/C23H20N2O5S/c1-16-10-12-18(13-11-16)25-23(27)24(20-8-3-4-9-22(20)31(25,28)29)15-21(26)17-6-5-7-19(14-17)30-2/h3-14H,15H2,1-2H3. The molecule has 0 fully saturated rings. The monoisotopic (exact) mass is 436 g/mol. The van der Waals surface area contributed by atoms with Crippen molar-refractivity contribution in [3.05, 3.63) is 83.9 Å². The van der Waals surface area contributed by atoms with Gasteiger partial charge in [0.2, 0.25) is 0 Å². The van der Waals surface area contributed by atoms with Crippen molar-refractivity contribution in [2.24, 2.45) is 0 Å². The fourth-order valence-electron chi connectivity index (χ4n) is 3.43. The number of sulfonamides is 1. The lowest BCUT2D eigenvalue weighted by molar-refractivity contribution is 0.0999. The molecule has 0 radical (unpaired) electrons. The number of carbonyl (C=O) groups excluding carboxylic acids is 2. The molecule has 158 valence electrons. The van der Waals surface area contributed by atoms with Crippen LogP contribution in [0.5, 0.6) is 5.75 Å². The molecule has 0 atom stereocenters. The highest BCUT2D eigenvalue weighted by molar-refractivity contribution is 7.94. The number of fused-ring (bicyclic) bond motifs is 1. The first-order valence-corrected chi connectivity index (χ1v) is 11.0. The number of ether oxygens (including phenoxy) is 1. The van der Waals surface area contributed by atoms with Crippen LogP contribution in [0.25, 0.3) is 0 Å². The van der Waals surface area contributed by atoms with Gasteiger partial charge in [0.05, 0.1) is 25.0 Å². The van der Waals surface area contributed by atoms with Crippen LogP contribution in [0.1, 0.15) is 15.9 Å². The zero-order valence-corrected chi connectivity index (χ0v) is 17.8. The van der Waals surface area contributed by atoms with Gasteiger partial charge in [-0.15, -0.1) is 0 Å². The largest absolute Gasteiger partial charge is 0.497 e. The average Bonchev–Trinajstić information content (AvgIpc) is 2.78. The van der Waals surface area contributed by atoms with Crippen LogP contribution < -0.4 is 13.9 Å². The normalized spacial score (nSPS) is 14.8. The summed E-state index contributed by atoms with van der Waals surface area (Å²) in [6, 6.07) is 18.6. The Hall–Kier alpha value is -3.65. The van der Waals surface area contributed by atoms with Crippen LogP contribution in [0.2, 0.25) is 0 Å². The van der Waals surface area contributed by atoms with E-state index in [2.05, 4.69) is 0 Å². The molecule has 31 heavy (non-hydrogen) atoms. The van der Waals surface area contributed by atoms with Crippen molar-refractivity contribution in [1.82, 2.24) is 0 Å². The number of aryl methyl sites for hydroxylation is 1. The summed E-state index contributed by atoms with van der Waals surface area (Å²) in [5.74, 6) is 0.172. The summed E-state index contributed by atoms with van der Waals surface area (Å²) in [6.07, 6.45) is 0. The summed E-state index contributed by atoms with van der Waals surface area (Å²) in [7, 11) is -2.63. The maximum Gasteiger partial charge on any atom is 0.343 e. The molecule has 2 amide bonds. The Morgan fingerprint density at radius 2 is 1.68 bits per heavy atom. The highest BCUT2D eigenvalue weighted by Gasteiger charge is 2.43. The van der Waals surface area contributed by atoms with E-state index < -0.39 is 16.1 Å². The Balaban J connectivity index is 1.79. The van der Waals surface area contributed by atoms with Crippen LogP contribution in [0, 0.1) is 6.92 Å². The summed E-state index contributed by atoms with van der Waals surface area (Å²) in [4.78, 5) is 27.5. The number of hydrogen-bond donors (Lipinski definition) is 0. The van der Waals surface area contributed by atoms with E-state index in [-0.39, 0.29) is 28.6 Å². The number of ketones is 1. The van der Waals surface area contributed by atoms with Gasteiger partial charge < -0.3 is 4.74 Å². The van der Waals surface area contributed by atoms with Crippen molar-refractivity contribution in [2.75, 3.05) is 22.9 Å². The lowest BCUT2D eigenvalue weighted by Gasteiger charge is -2.35. The molecule has 1 heterocycles. The second-order valence-corrected chi connectivity index (χ2v) is 8.85. The molecule has 0 unspecified atom stereocenters. The molecule has 1 aliphatic heterocycles. The third kappa shape index (κ3) is 3.66. The van der Waals surface area contributed by atoms with E-state index in [1.54, 1.807) is 60.7 Å². The molecule has 3 aromatic carbocycles. The van der Waals surface area contributed by atoms with Crippen LogP contribution >= 0.6 is 0 Å². The zero-order chi connectivity index (χ0) is 22.2. The van der Waals surface area contributed by atoms with E-state index in [1.807, 2.05) is 6.92 Å². The predicted octanol–water partition coefficient (Wildman–Crippen LogP) is 4.02.